The molecule has 2 aromatic rings. The van der Waals surface area contributed by atoms with Gasteiger partial charge in [-0.1, -0.05) is 12.1 Å². The summed E-state index contributed by atoms with van der Waals surface area (Å²) in [5, 5.41) is 6.93. The molecule has 0 aliphatic rings. The van der Waals surface area contributed by atoms with Gasteiger partial charge in [0.2, 0.25) is 5.69 Å². The average molecular weight is 327 g/mol. The van der Waals surface area contributed by atoms with Gasteiger partial charge in [0.25, 0.3) is 0 Å². The predicted molar refractivity (Wildman–Crippen MR) is 72.8 cm³/mol. The van der Waals surface area contributed by atoms with Crippen LogP contribution in [0.25, 0.3) is 11.4 Å². The van der Waals surface area contributed by atoms with Crippen LogP contribution in [0, 0.1) is 0 Å². The Balaban J connectivity index is 2.54. The van der Waals surface area contributed by atoms with E-state index in [2.05, 4.69) is 19.9 Å². The predicted octanol–water partition coefficient (Wildman–Crippen LogP) is 2.74. The summed E-state index contributed by atoms with van der Waals surface area (Å²) in [7, 11) is 1.42. The minimum atomic E-state index is -4.87. The maximum absolute atomic E-state index is 13.1. The Morgan fingerprint density at radius 2 is 2.00 bits per heavy atom. The minimum Gasteiger partial charge on any atom is -0.497 e. The van der Waals surface area contributed by atoms with Gasteiger partial charge < -0.3 is 9.47 Å². The lowest BCUT2D eigenvalue weighted by molar-refractivity contribution is -0.142. The quantitative estimate of drug-likeness (QED) is 0.804. The fourth-order valence-electron chi connectivity index (χ4n) is 1.74. The summed E-state index contributed by atoms with van der Waals surface area (Å²) in [6.07, 6.45) is -4.87. The van der Waals surface area contributed by atoms with Crippen LogP contribution in [0.4, 0.5) is 13.2 Å². The zero-order valence-electron chi connectivity index (χ0n) is 12.2. The average Bonchev–Trinajstić information content (AvgIpc) is 2.53. The minimum absolute atomic E-state index is 0.0879. The van der Waals surface area contributed by atoms with Crippen molar-refractivity contribution in [1.29, 1.82) is 0 Å². The lowest BCUT2D eigenvalue weighted by Crippen LogP contribution is -2.20. The number of carbonyl (C=O) groups is 1. The van der Waals surface area contributed by atoms with Gasteiger partial charge in [0, 0.05) is 5.56 Å². The highest BCUT2D eigenvalue weighted by molar-refractivity contribution is 5.88. The van der Waals surface area contributed by atoms with Gasteiger partial charge in [-0.2, -0.15) is 13.2 Å². The van der Waals surface area contributed by atoms with Crippen molar-refractivity contribution in [1.82, 2.24) is 15.2 Å². The van der Waals surface area contributed by atoms with E-state index in [1.165, 1.54) is 26.2 Å². The molecule has 1 aromatic carbocycles. The molecular formula is C14H12F3N3O3. The molecule has 0 N–H and O–H groups in total. The highest BCUT2D eigenvalue weighted by atomic mass is 19.4. The number of carbonyl (C=O) groups excluding carboxylic acids is 1. The molecule has 23 heavy (non-hydrogen) atoms. The highest BCUT2D eigenvalue weighted by Gasteiger charge is 2.40. The molecule has 0 spiro atoms. The lowest BCUT2D eigenvalue weighted by atomic mass is 10.2. The van der Waals surface area contributed by atoms with Crippen molar-refractivity contribution in [3.8, 4) is 17.1 Å². The molecule has 0 atom stereocenters. The van der Waals surface area contributed by atoms with Crippen LogP contribution in [-0.4, -0.2) is 34.9 Å². The first-order valence-electron chi connectivity index (χ1n) is 6.50. The van der Waals surface area contributed by atoms with Crippen molar-refractivity contribution in [2.75, 3.05) is 13.7 Å². The standard InChI is InChI=1S/C14H12F3N3O3/c1-3-23-13(21)10-11(14(15,16)17)18-12(20-19-10)8-5-4-6-9(7-8)22-2/h4-7H,3H2,1-2H3. The molecular weight excluding hydrogens is 315 g/mol. The van der Waals surface area contributed by atoms with Crippen molar-refractivity contribution in [2.24, 2.45) is 0 Å². The van der Waals surface area contributed by atoms with Crippen LogP contribution in [0.1, 0.15) is 23.1 Å². The highest BCUT2D eigenvalue weighted by Crippen LogP contribution is 2.31. The molecule has 0 saturated heterocycles. The van der Waals surface area contributed by atoms with Gasteiger partial charge in [-0.25, -0.2) is 9.78 Å². The van der Waals surface area contributed by atoms with E-state index >= 15 is 0 Å². The molecule has 0 aliphatic carbocycles. The number of nitrogens with zero attached hydrogens (tertiary/aromatic N) is 3. The first-order valence-corrected chi connectivity index (χ1v) is 6.50. The van der Waals surface area contributed by atoms with Crippen LogP contribution < -0.4 is 4.74 Å². The lowest BCUT2D eigenvalue weighted by Gasteiger charge is -2.11. The summed E-state index contributed by atoms with van der Waals surface area (Å²) >= 11 is 0. The molecule has 1 aromatic heterocycles. The molecule has 0 saturated carbocycles. The Labute approximate surface area is 129 Å². The van der Waals surface area contributed by atoms with Crippen LogP contribution in [-0.2, 0) is 10.9 Å². The molecule has 0 amide bonds. The first kappa shape index (κ1) is 16.7. The Kier molecular flexibility index (Phi) is 4.77. The van der Waals surface area contributed by atoms with Crippen LogP contribution in [0.3, 0.4) is 0 Å². The van der Waals surface area contributed by atoms with Crippen molar-refractivity contribution in [2.45, 2.75) is 13.1 Å². The Morgan fingerprint density at radius 3 is 2.61 bits per heavy atom. The smallest absolute Gasteiger partial charge is 0.435 e. The number of benzene rings is 1. The van der Waals surface area contributed by atoms with E-state index < -0.39 is 23.5 Å². The van der Waals surface area contributed by atoms with E-state index in [1.54, 1.807) is 12.1 Å². The number of hydrogen-bond acceptors (Lipinski definition) is 6. The van der Waals surface area contributed by atoms with E-state index in [-0.39, 0.29) is 18.0 Å². The number of hydrogen-bond donors (Lipinski definition) is 0. The van der Waals surface area contributed by atoms with E-state index in [9.17, 15) is 18.0 Å². The van der Waals surface area contributed by atoms with Crippen molar-refractivity contribution in [3.63, 3.8) is 0 Å². The van der Waals surface area contributed by atoms with Gasteiger partial charge in [0.15, 0.2) is 11.5 Å². The monoisotopic (exact) mass is 327 g/mol. The fourth-order valence-corrected chi connectivity index (χ4v) is 1.74. The van der Waals surface area contributed by atoms with Crippen LogP contribution >= 0.6 is 0 Å². The molecule has 0 unspecified atom stereocenters. The second-order valence-corrected chi connectivity index (χ2v) is 4.28. The number of rotatable bonds is 4. The summed E-state index contributed by atoms with van der Waals surface area (Å²) in [5.74, 6) is -1.07. The third kappa shape index (κ3) is 3.74. The second kappa shape index (κ2) is 6.59. The van der Waals surface area contributed by atoms with Crippen LogP contribution in [0.5, 0.6) is 5.75 Å². The summed E-state index contributed by atoms with van der Waals surface area (Å²) in [6, 6.07) is 6.16. The van der Waals surface area contributed by atoms with Gasteiger partial charge >= 0.3 is 12.1 Å². The topological polar surface area (TPSA) is 74.2 Å². The van der Waals surface area contributed by atoms with E-state index in [4.69, 9.17) is 4.74 Å². The van der Waals surface area contributed by atoms with E-state index in [0.717, 1.165) is 0 Å². The summed E-state index contributed by atoms with van der Waals surface area (Å²) in [6.45, 7) is 1.38. The SMILES string of the molecule is CCOC(=O)c1nnc(-c2cccc(OC)c2)nc1C(F)(F)F. The van der Waals surface area contributed by atoms with Gasteiger partial charge in [0.05, 0.1) is 13.7 Å². The van der Waals surface area contributed by atoms with E-state index in [0.29, 0.717) is 5.75 Å². The van der Waals surface area contributed by atoms with E-state index in [1.807, 2.05) is 0 Å². The van der Waals surface area contributed by atoms with Crippen molar-refractivity contribution >= 4 is 5.97 Å². The maximum Gasteiger partial charge on any atom is 0.435 e. The number of ether oxygens (including phenoxy) is 2. The molecule has 6 nitrogen and oxygen atoms in total. The van der Waals surface area contributed by atoms with Crippen LogP contribution in [0.2, 0.25) is 0 Å². The Morgan fingerprint density at radius 1 is 1.26 bits per heavy atom. The van der Waals surface area contributed by atoms with Gasteiger partial charge in [-0.05, 0) is 19.1 Å². The zero-order valence-corrected chi connectivity index (χ0v) is 12.2. The number of halogens is 3. The Bertz CT molecular complexity index is 720. The largest absolute Gasteiger partial charge is 0.497 e. The third-order valence-electron chi connectivity index (χ3n) is 2.75. The third-order valence-corrected chi connectivity index (χ3v) is 2.75. The molecule has 9 heteroatoms. The number of alkyl halides is 3. The molecule has 122 valence electrons. The van der Waals surface area contributed by atoms with Crippen LogP contribution in [0.15, 0.2) is 24.3 Å². The van der Waals surface area contributed by atoms with Gasteiger partial charge in [-0.15, -0.1) is 10.2 Å². The normalized spacial score (nSPS) is 11.2. The maximum atomic E-state index is 13.1. The van der Waals surface area contributed by atoms with Crippen molar-refractivity contribution < 1.29 is 27.4 Å². The molecule has 1 heterocycles. The molecule has 0 bridgehead atoms. The molecule has 2 rings (SSSR count). The summed E-state index contributed by atoms with van der Waals surface area (Å²) in [4.78, 5) is 15.0. The number of aromatic nitrogens is 3. The van der Waals surface area contributed by atoms with Gasteiger partial charge in [0.1, 0.15) is 5.75 Å². The molecule has 0 radical (unpaired) electrons. The number of methoxy groups -OCH3 is 1. The molecule has 0 aliphatic heterocycles. The number of esters is 1. The van der Waals surface area contributed by atoms with Gasteiger partial charge in [-0.3, -0.25) is 0 Å². The van der Waals surface area contributed by atoms with Crippen molar-refractivity contribution in [3.05, 3.63) is 35.7 Å². The molecule has 0 fully saturated rings. The Hall–Kier alpha value is -2.71. The summed E-state index contributed by atoms with van der Waals surface area (Å²) < 4.78 is 48.9. The zero-order chi connectivity index (χ0) is 17.0. The first-order chi connectivity index (χ1) is 10.9. The fraction of sp³-hybridized carbons (Fsp3) is 0.286. The summed E-state index contributed by atoms with van der Waals surface area (Å²) in [5.41, 5.74) is -2.13. The second-order valence-electron chi connectivity index (χ2n) is 4.28.